The van der Waals surface area contributed by atoms with Crippen LogP contribution in [0.4, 0.5) is 21.8 Å². The van der Waals surface area contributed by atoms with E-state index in [1.165, 1.54) is 6.07 Å². The zero-order valence-electron chi connectivity index (χ0n) is 11.9. The summed E-state index contributed by atoms with van der Waals surface area (Å²) in [5.74, 6) is 0.490. The van der Waals surface area contributed by atoms with E-state index in [9.17, 15) is 4.39 Å². The minimum atomic E-state index is -0.557. The van der Waals surface area contributed by atoms with E-state index < -0.39 is 5.82 Å². The van der Waals surface area contributed by atoms with Gasteiger partial charge in [0, 0.05) is 18.3 Å². The molecule has 0 unspecified atom stereocenters. The molecule has 0 amide bonds. The van der Waals surface area contributed by atoms with Gasteiger partial charge in [0.1, 0.15) is 23.3 Å². The van der Waals surface area contributed by atoms with Crippen molar-refractivity contribution in [2.75, 3.05) is 17.2 Å². The lowest BCUT2D eigenvalue weighted by atomic mass is 10.2. The molecular weight excluding hydrogens is 269 g/mol. The van der Waals surface area contributed by atoms with Gasteiger partial charge >= 0.3 is 0 Å². The van der Waals surface area contributed by atoms with Crippen molar-refractivity contribution < 1.29 is 4.39 Å². The SMILES string of the molecule is CCCNc1ncc(C)c(Nc2cccc(F)c2C#N)n1. The molecule has 1 aromatic heterocycles. The molecule has 5 nitrogen and oxygen atoms in total. The number of aromatic nitrogens is 2. The molecule has 2 N–H and O–H groups in total. The fourth-order valence-corrected chi connectivity index (χ4v) is 1.76. The molecule has 2 rings (SSSR count). The van der Waals surface area contributed by atoms with Crippen LogP contribution in [0.1, 0.15) is 24.5 Å². The van der Waals surface area contributed by atoms with Gasteiger partial charge < -0.3 is 10.6 Å². The molecule has 0 aliphatic carbocycles. The van der Waals surface area contributed by atoms with Crippen molar-refractivity contribution in [1.29, 1.82) is 5.26 Å². The van der Waals surface area contributed by atoms with Gasteiger partial charge in [0.15, 0.2) is 0 Å². The number of nitriles is 1. The molecule has 0 radical (unpaired) electrons. The monoisotopic (exact) mass is 285 g/mol. The van der Waals surface area contributed by atoms with Crippen LogP contribution in [0.3, 0.4) is 0 Å². The maximum absolute atomic E-state index is 13.6. The van der Waals surface area contributed by atoms with Crippen LogP contribution in [0, 0.1) is 24.1 Å². The second kappa shape index (κ2) is 6.66. The second-order valence-electron chi connectivity index (χ2n) is 4.55. The van der Waals surface area contributed by atoms with Gasteiger partial charge in [0.25, 0.3) is 0 Å². The summed E-state index contributed by atoms with van der Waals surface area (Å²) in [7, 11) is 0. The summed E-state index contributed by atoms with van der Waals surface area (Å²) in [4.78, 5) is 8.52. The first-order valence-electron chi connectivity index (χ1n) is 6.68. The molecule has 1 heterocycles. The summed E-state index contributed by atoms with van der Waals surface area (Å²) in [5.41, 5.74) is 1.17. The average Bonchev–Trinajstić information content (AvgIpc) is 2.48. The number of nitrogens with one attached hydrogen (secondary N) is 2. The predicted octanol–water partition coefficient (Wildman–Crippen LogP) is 3.36. The zero-order chi connectivity index (χ0) is 15.2. The number of nitrogens with zero attached hydrogens (tertiary/aromatic N) is 3. The number of hydrogen-bond acceptors (Lipinski definition) is 5. The topological polar surface area (TPSA) is 73.6 Å². The summed E-state index contributed by atoms with van der Waals surface area (Å²) in [6.07, 6.45) is 2.64. The van der Waals surface area contributed by atoms with Gasteiger partial charge in [-0.3, -0.25) is 0 Å². The molecule has 0 aliphatic rings. The summed E-state index contributed by atoms with van der Waals surface area (Å²) in [5, 5.41) is 15.1. The maximum atomic E-state index is 13.6. The number of benzene rings is 1. The summed E-state index contributed by atoms with van der Waals surface area (Å²) >= 11 is 0. The summed E-state index contributed by atoms with van der Waals surface area (Å²) < 4.78 is 13.6. The van der Waals surface area contributed by atoms with Crippen molar-refractivity contribution in [1.82, 2.24) is 9.97 Å². The van der Waals surface area contributed by atoms with Gasteiger partial charge in [-0.05, 0) is 25.5 Å². The van der Waals surface area contributed by atoms with E-state index in [-0.39, 0.29) is 5.56 Å². The fourth-order valence-electron chi connectivity index (χ4n) is 1.76. The van der Waals surface area contributed by atoms with E-state index in [1.54, 1.807) is 18.3 Å². The van der Waals surface area contributed by atoms with Crippen molar-refractivity contribution in [2.24, 2.45) is 0 Å². The van der Waals surface area contributed by atoms with Crippen LogP contribution < -0.4 is 10.6 Å². The standard InChI is InChI=1S/C15H16FN5/c1-3-7-18-15-19-9-10(2)14(21-15)20-13-6-4-5-12(16)11(13)8-17/h4-6,9H,3,7H2,1-2H3,(H2,18,19,20,21). The Kier molecular flexibility index (Phi) is 4.67. The van der Waals surface area contributed by atoms with E-state index in [0.717, 1.165) is 18.5 Å². The molecule has 0 saturated carbocycles. The highest BCUT2D eigenvalue weighted by molar-refractivity contribution is 5.66. The molecule has 6 heteroatoms. The molecule has 21 heavy (non-hydrogen) atoms. The van der Waals surface area contributed by atoms with E-state index >= 15 is 0 Å². The van der Waals surface area contributed by atoms with E-state index in [4.69, 9.17) is 5.26 Å². The molecule has 0 bridgehead atoms. The third kappa shape index (κ3) is 3.45. The fraction of sp³-hybridized carbons (Fsp3) is 0.267. The Morgan fingerprint density at radius 2 is 2.19 bits per heavy atom. The second-order valence-corrected chi connectivity index (χ2v) is 4.55. The van der Waals surface area contributed by atoms with Crippen molar-refractivity contribution in [3.05, 3.63) is 41.3 Å². The summed E-state index contributed by atoms with van der Waals surface area (Å²) in [6.45, 7) is 4.66. The van der Waals surface area contributed by atoms with Gasteiger partial charge in [0.2, 0.25) is 5.95 Å². The van der Waals surface area contributed by atoms with Crippen molar-refractivity contribution in [3.8, 4) is 6.07 Å². The Morgan fingerprint density at radius 1 is 1.38 bits per heavy atom. The van der Waals surface area contributed by atoms with Crippen molar-refractivity contribution >= 4 is 17.5 Å². The number of hydrogen-bond donors (Lipinski definition) is 2. The first-order valence-corrected chi connectivity index (χ1v) is 6.68. The molecule has 0 aliphatic heterocycles. The Morgan fingerprint density at radius 3 is 2.90 bits per heavy atom. The van der Waals surface area contributed by atoms with Crippen molar-refractivity contribution in [3.63, 3.8) is 0 Å². The average molecular weight is 285 g/mol. The van der Waals surface area contributed by atoms with Gasteiger partial charge in [-0.1, -0.05) is 13.0 Å². The van der Waals surface area contributed by atoms with E-state index in [1.807, 2.05) is 19.9 Å². The smallest absolute Gasteiger partial charge is 0.224 e. The molecule has 108 valence electrons. The van der Waals surface area contributed by atoms with Crippen LogP contribution in [0.2, 0.25) is 0 Å². The lowest BCUT2D eigenvalue weighted by Crippen LogP contribution is -2.07. The Hall–Kier alpha value is -2.68. The molecule has 1 aromatic carbocycles. The van der Waals surface area contributed by atoms with Crippen LogP contribution in [0.25, 0.3) is 0 Å². The number of aryl methyl sites for hydroxylation is 1. The normalized spacial score (nSPS) is 10.0. The number of anilines is 3. The van der Waals surface area contributed by atoms with Crippen LogP contribution in [0.5, 0.6) is 0 Å². The molecular formula is C15H16FN5. The number of rotatable bonds is 5. The van der Waals surface area contributed by atoms with E-state index in [0.29, 0.717) is 17.5 Å². The lowest BCUT2D eigenvalue weighted by molar-refractivity contribution is 0.624. The molecule has 0 fully saturated rings. The zero-order valence-corrected chi connectivity index (χ0v) is 11.9. The van der Waals surface area contributed by atoms with Gasteiger partial charge in [0.05, 0.1) is 5.69 Å². The van der Waals surface area contributed by atoms with Crippen LogP contribution >= 0.6 is 0 Å². The van der Waals surface area contributed by atoms with Crippen molar-refractivity contribution in [2.45, 2.75) is 20.3 Å². The molecule has 0 atom stereocenters. The van der Waals surface area contributed by atoms with Gasteiger partial charge in [-0.25, -0.2) is 9.37 Å². The highest BCUT2D eigenvalue weighted by atomic mass is 19.1. The summed E-state index contributed by atoms with van der Waals surface area (Å²) in [6, 6.07) is 6.30. The largest absolute Gasteiger partial charge is 0.354 e. The molecule has 2 aromatic rings. The van der Waals surface area contributed by atoms with Gasteiger partial charge in [-0.15, -0.1) is 0 Å². The van der Waals surface area contributed by atoms with Crippen LogP contribution in [-0.4, -0.2) is 16.5 Å². The first kappa shape index (κ1) is 14.7. The minimum Gasteiger partial charge on any atom is -0.354 e. The van der Waals surface area contributed by atoms with Crippen LogP contribution in [-0.2, 0) is 0 Å². The minimum absolute atomic E-state index is 0.0291. The Bertz CT molecular complexity index is 678. The highest BCUT2D eigenvalue weighted by Gasteiger charge is 2.10. The third-order valence-corrected chi connectivity index (χ3v) is 2.88. The Balaban J connectivity index is 2.31. The molecule has 0 saturated heterocycles. The Labute approximate surface area is 122 Å². The quantitative estimate of drug-likeness (QED) is 0.881. The third-order valence-electron chi connectivity index (χ3n) is 2.88. The predicted molar refractivity (Wildman–Crippen MR) is 79.9 cm³/mol. The number of halogens is 1. The van der Waals surface area contributed by atoms with E-state index in [2.05, 4.69) is 20.6 Å². The lowest BCUT2D eigenvalue weighted by Gasteiger charge is -2.11. The molecule has 0 spiro atoms. The highest BCUT2D eigenvalue weighted by Crippen LogP contribution is 2.23. The van der Waals surface area contributed by atoms with Gasteiger partial charge in [-0.2, -0.15) is 10.2 Å². The first-order chi connectivity index (χ1) is 10.2. The maximum Gasteiger partial charge on any atom is 0.224 e. The van der Waals surface area contributed by atoms with Crippen LogP contribution in [0.15, 0.2) is 24.4 Å².